The van der Waals surface area contributed by atoms with Crippen LogP contribution in [0.25, 0.3) is 0 Å². The normalized spacial score (nSPS) is 14.7. The fourth-order valence-corrected chi connectivity index (χ4v) is 2.55. The fraction of sp³-hybridized carbons (Fsp3) is 0.538. The molecule has 0 fully saturated rings. The van der Waals surface area contributed by atoms with Gasteiger partial charge in [0.15, 0.2) is 0 Å². The van der Waals surface area contributed by atoms with E-state index in [4.69, 9.17) is 0 Å². The average molecular weight is 264 g/mol. The highest BCUT2D eigenvalue weighted by Gasteiger charge is 2.14. The molecule has 0 aliphatic heterocycles. The third kappa shape index (κ3) is 3.17. The molecule has 0 amide bonds. The number of nitrogens with zero attached hydrogens (tertiary/aromatic N) is 3. The van der Waals surface area contributed by atoms with Gasteiger partial charge in [-0.05, 0) is 33.3 Å². The minimum atomic E-state index is 0.340. The lowest BCUT2D eigenvalue weighted by Crippen LogP contribution is -2.33. The Morgan fingerprint density at radius 2 is 2.11 bits per heavy atom. The second-order valence-corrected chi connectivity index (χ2v) is 6.07. The van der Waals surface area contributed by atoms with E-state index in [-0.39, 0.29) is 0 Å². The van der Waals surface area contributed by atoms with Crippen LogP contribution in [-0.4, -0.2) is 20.8 Å². The number of rotatable bonds is 5. The van der Waals surface area contributed by atoms with E-state index in [9.17, 15) is 0 Å². The summed E-state index contributed by atoms with van der Waals surface area (Å²) in [5.74, 6) is 0. The van der Waals surface area contributed by atoms with Crippen molar-refractivity contribution in [2.75, 3.05) is 0 Å². The van der Waals surface area contributed by atoms with Gasteiger partial charge in [0.1, 0.15) is 0 Å². The van der Waals surface area contributed by atoms with E-state index < -0.39 is 0 Å². The minimum absolute atomic E-state index is 0.340. The van der Waals surface area contributed by atoms with Crippen molar-refractivity contribution in [3.63, 3.8) is 0 Å². The first-order chi connectivity index (χ1) is 8.56. The molecule has 2 atom stereocenters. The zero-order valence-corrected chi connectivity index (χ0v) is 12.2. The van der Waals surface area contributed by atoms with Crippen molar-refractivity contribution >= 4 is 11.3 Å². The van der Waals surface area contributed by atoms with Gasteiger partial charge in [0, 0.05) is 29.9 Å². The zero-order chi connectivity index (χ0) is 13.1. The molecule has 2 aromatic heterocycles. The van der Waals surface area contributed by atoms with Crippen molar-refractivity contribution in [2.24, 2.45) is 0 Å². The van der Waals surface area contributed by atoms with Crippen LogP contribution in [0.5, 0.6) is 0 Å². The summed E-state index contributed by atoms with van der Waals surface area (Å²) in [4.78, 5) is 5.54. The molecule has 0 radical (unpaired) electrons. The Kier molecular flexibility index (Phi) is 4.14. The van der Waals surface area contributed by atoms with Gasteiger partial charge in [-0.3, -0.25) is 4.68 Å². The first-order valence-corrected chi connectivity index (χ1v) is 7.03. The molecule has 98 valence electrons. The maximum absolute atomic E-state index is 4.36. The van der Waals surface area contributed by atoms with E-state index in [1.165, 1.54) is 10.4 Å². The van der Waals surface area contributed by atoms with Gasteiger partial charge < -0.3 is 5.32 Å². The molecular weight excluding hydrogens is 244 g/mol. The lowest BCUT2D eigenvalue weighted by atomic mass is 10.2. The molecule has 18 heavy (non-hydrogen) atoms. The number of aryl methyl sites for hydroxylation is 2. The van der Waals surface area contributed by atoms with Crippen LogP contribution in [0.2, 0.25) is 0 Å². The molecule has 0 bridgehead atoms. The van der Waals surface area contributed by atoms with Gasteiger partial charge in [-0.1, -0.05) is 0 Å². The van der Waals surface area contributed by atoms with Crippen LogP contribution in [0.4, 0.5) is 0 Å². The lowest BCUT2D eigenvalue weighted by Gasteiger charge is -2.21. The summed E-state index contributed by atoms with van der Waals surface area (Å²) in [6.45, 7) is 9.34. The smallest absolute Gasteiger partial charge is 0.0897 e. The standard InChI is InChI=1S/C13H20N4S/c1-9-5-16-17(8-9)11(3)10(2)14-6-13-7-15-12(4)18-13/h5,7-8,10-11,14H,6H2,1-4H3. The van der Waals surface area contributed by atoms with E-state index in [0.29, 0.717) is 12.1 Å². The van der Waals surface area contributed by atoms with Crippen molar-refractivity contribution in [3.05, 3.63) is 34.0 Å². The lowest BCUT2D eigenvalue weighted by molar-refractivity contribution is 0.365. The highest BCUT2D eigenvalue weighted by Crippen LogP contribution is 2.14. The molecule has 2 aromatic rings. The molecule has 5 heteroatoms. The van der Waals surface area contributed by atoms with Gasteiger partial charge in [-0.15, -0.1) is 11.3 Å². The van der Waals surface area contributed by atoms with E-state index in [2.05, 4.69) is 42.4 Å². The summed E-state index contributed by atoms with van der Waals surface area (Å²) in [5, 5.41) is 9.01. The third-order valence-electron chi connectivity index (χ3n) is 3.14. The van der Waals surface area contributed by atoms with Crippen LogP contribution < -0.4 is 5.32 Å². The van der Waals surface area contributed by atoms with Crippen molar-refractivity contribution in [1.82, 2.24) is 20.1 Å². The van der Waals surface area contributed by atoms with Crippen molar-refractivity contribution in [2.45, 2.75) is 46.3 Å². The monoisotopic (exact) mass is 264 g/mol. The molecule has 0 saturated carbocycles. The molecule has 1 N–H and O–H groups in total. The molecule has 4 nitrogen and oxygen atoms in total. The number of nitrogens with one attached hydrogen (secondary N) is 1. The molecule has 2 heterocycles. The number of hydrogen-bond donors (Lipinski definition) is 1. The summed E-state index contributed by atoms with van der Waals surface area (Å²) in [6.07, 6.45) is 5.93. The van der Waals surface area contributed by atoms with E-state index in [1.807, 2.05) is 24.0 Å². The van der Waals surface area contributed by atoms with Crippen LogP contribution in [0.15, 0.2) is 18.6 Å². The Balaban J connectivity index is 1.89. The predicted molar refractivity (Wildman–Crippen MR) is 74.8 cm³/mol. The second-order valence-electron chi connectivity index (χ2n) is 4.75. The second kappa shape index (κ2) is 5.63. The Morgan fingerprint density at radius 3 is 2.67 bits per heavy atom. The van der Waals surface area contributed by atoms with Gasteiger partial charge in [-0.2, -0.15) is 5.10 Å². The molecule has 0 saturated heterocycles. The fourth-order valence-electron chi connectivity index (χ4n) is 1.80. The Labute approximate surface area is 112 Å². The molecule has 0 spiro atoms. The first-order valence-electron chi connectivity index (χ1n) is 6.21. The number of aromatic nitrogens is 3. The highest BCUT2D eigenvalue weighted by molar-refractivity contribution is 7.11. The molecule has 2 rings (SSSR count). The van der Waals surface area contributed by atoms with Crippen LogP contribution in [0, 0.1) is 13.8 Å². The topological polar surface area (TPSA) is 42.7 Å². The van der Waals surface area contributed by atoms with Gasteiger partial charge in [0.05, 0.1) is 17.2 Å². The van der Waals surface area contributed by atoms with Gasteiger partial charge in [0.2, 0.25) is 0 Å². The molecular formula is C13H20N4S. The Bertz CT molecular complexity index is 503. The van der Waals surface area contributed by atoms with Gasteiger partial charge in [-0.25, -0.2) is 4.98 Å². The van der Waals surface area contributed by atoms with Crippen molar-refractivity contribution in [3.8, 4) is 0 Å². The first kappa shape index (κ1) is 13.2. The highest BCUT2D eigenvalue weighted by atomic mass is 32.1. The van der Waals surface area contributed by atoms with Crippen LogP contribution in [-0.2, 0) is 6.54 Å². The molecule has 0 aliphatic rings. The third-order valence-corrected chi connectivity index (χ3v) is 4.05. The maximum Gasteiger partial charge on any atom is 0.0897 e. The van der Waals surface area contributed by atoms with Crippen LogP contribution >= 0.6 is 11.3 Å². The Morgan fingerprint density at radius 1 is 1.33 bits per heavy atom. The van der Waals surface area contributed by atoms with E-state index in [1.54, 1.807) is 11.3 Å². The summed E-state index contributed by atoms with van der Waals surface area (Å²) >= 11 is 1.75. The van der Waals surface area contributed by atoms with Gasteiger partial charge >= 0.3 is 0 Å². The largest absolute Gasteiger partial charge is 0.307 e. The maximum atomic E-state index is 4.36. The van der Waals surface area contributed by atoms with Crippen LogP contribution in [0.3, 0.4) is 0 Å². The zero-order valence-electron chi connectivity index (χ0n) is 11.3. The van der Waals surface area contributed by atoms with E-state index >= 15 is 0 Å². The SMILES string of the molecule is Cc1cnn(C(C)C(C)NCc2cnc(C)s2)c1. The van der Waals surface area contributed by atoms with Crippen molar-refractivity contribution < 1.29 is 0 Å². The van der Waals surface area contributed by atoms with E-state index in [0.717, 1.165) is 11.6 Å². The van der Waals surface area contributed by atoms with Crippen molar-refractivity contribution in [1.29, 1.82) is 0 Å². The summed E-state index contributed by atoms with van der Waals surface area (Å²) in [7, 11) is 0. The number of thiazole rings is 1. The summed E-state index contributed by atoms with van der Waals surface area (Å²) in [5.41, 5.74) is 1.20. The molecule has 0 aromatic carbocycles. The predicted octanol–water partition coefficient (Wildman–Crippen LogP) is 2.70. The Hall–Kier alpha value is -1.20. The average Bonchev–Trinajstić information content (AvgIpc) is 2.94. The summed E-state index contributed by atoms with van der Waals surface area (Å²) < 4.78 is 2.02. The quantitative estimate of drug-likeness (QED) is 0.903. The molecule has 0 aliphatic carbocycles. The number of hydrogen-bond acceptors (Lipinski definition) is 4. The summed E-state index contributed by atoms with van der Waals surface area (Å²) in [6, 6.07) is 0.708. The molecule has 2 unspecified atom stereocenters. The minimum Gasteiger partial charge on any atom is -0.307 e. The van der Waals surface area contributed by atoms with Gasteiger partial charge in [0.25, 0.3) is 0 Å². The van der Waals surface area contributed by atoms with Crippen LogP contribution in [0.1, 0.15) is 35.3 Å².